The molecule has 5 nitrogen and oxygen atoms in total. The van der Waals surface area contributed by atoms with Gasteiger partial charge in [0.15, 0.2) is 0 Å². The fourth-order valence-corrected chi connectivity index (χ4v) is 1.56. The number of aromatic nitrogens is 1. The Bertz CT molecular complexity index is 575. The topological polar surface area (TPSA) is 68.5 Å². The monoisotopic (exact) mass is 239 g/mol. The van der Waals surface area contributed by atoms with Gasteiger partial charge in [0, 0.05) is 11.6 Å². The highest BCUT2D eigenvalue weighted by molar-refractivity contribution is 6.16. The Labute approximate surface area is 95.0 Å². The molecule has 2 aromatic rings. The summed E-state index contributed by atoms with van der Waals surface area (Å²) < 4.78 is 5.05. The van der Waals surface area contributed by atoms with E-state index in [1.807, 2.05) is 0 Å². The Balaban J connectivity index is 2.63. The van der Waals surface area contributed by atoms with Crippen molar-refractivity contribution in [1.29, 1.82) is 0 Å². The number of carbonyl (C=O) groups excluding carboxylic acids is 1. The standard InChI is InChI=1S/C10H6ClNO4/c11-16-9(13)7-2-1-6-3-4-12(10(14)15)8(6)5-7/h1-5H,(H,14,15). The summed E-state index contributed by atoms with van der Waals surface area (Å²) in [5, 5.41) is 9.60. The van der Waals surface area contributed by atoms with Gasteiger partial charge in [-0.05, 0) is 18.2 Å². The molecule has 0 unspecified atom stereocenters. The lowest BCUT2D eigenvalue weighted by atomic mass is 10.2. The number of rotatable bonds is 1. The summed E-state index contributed by atoms with van der Waals surface area (Å²) in [5.74, 6) is -0.721. The van der Waals surface area contributed by atoms with E-state index in [0.717, 1.165) is 4.57 Å². The lowest BCUT2D eigenvalue weighted by Gasteiger charge is -2.00. The van der Waals surface area contributed by atoms with Crippen LogP contribution in [0.5, 0.6) is 0 Å². The summed E-state index contributed by atoms with van der Waals surface area (Å²) in [5.41, 5.74) is 0.607. The molecule has 0 atom stereocenters. The maximum Gasteiger partial charge on any atom is 0.415 e. The fourth-order valence-electron chi connectivity index (χ4n) is 1.47. The predicted octanol–water partition coefficient (Wildman–Crippen LogP) is 2.48. The molecule has 1 aromatic carbocycles. The summed E-state index contributed by atoms with van der Waals surface area (Å²) in [6.07, 6.45) is 0.286. The first-order valence-electron chi connectivity index (χ1n) is 4.31. The SMILES string of the molecule is O=C(OCl)c1ccc2ccn(C(=O)O)c2c1. The van der Waals surface area contributed by atoms with E-state index >= 15 is 0 Å². The molecular formula is C10H6ClNO4. The molecule has 0 bridgehead atoms. The van der Waals surface area contributed by atoms with Crippen LogP contribution in [0.3, 0.4) is 0 Å². The maximum absolute atomic E-state index is 11.1. The lowest BCUT2D eigenvalue weighted by molar-refractivity contribution is 0.0751. The van der Waals surface area contributed by atoms with Gasteiger partial charge in [0.05, 0.1) is 11.1 Å². The number of nitrogens with zero attached hydrogens (tertiary/aromatic N) is 1. The first-order valence-corrected chi connectivity index (χ1v) is 4.61. The van der Waals surface area contributed by atoms with Gasteiger partial charge in [-0.25, -0.2) is 9.59 Å². The molecule has 1 heterocycles. The number of carbonyl (C=O) groups is 2. The van der Waals surface area contributed by atoms with Crippen molar-refractivity contribution >= 4 is 34.8 Å². The van der Waals surface area contributed by atoms with Gasteiger partial charge in [-0.1, -0.05) is 6.07 Å². The number of benzene rings is 1. The number of halogens is 1. The Morgan fingerprint density at radius 1 is 1.31 bits per heavy atom. The van der Waals surface area contributed by atoms with E-state index in [2.05, 4.69) is 4.29 Å². The van der Waals surface area contributed by atoms with Gasteiger partial charge < -0.3 is 9.40 Å². The average molecular weight is 240 g/mol. The first-order chi connectivity index (χ1) is 7.63. The number of hydrogen-bond acceptors (Lipinski definition) is 3. The van der Waals surface area contributed by atoms with Crippen LogP contribution in [-0.2, 0) is 4.29 Å². The number of carboxylic acid groups (broad SMARTS) is 1. The smallest absolute Gasteiger partial charge is 0.415 e. The highest BCUT2D eigenvalue weighted by Gasteiger charge is 2.11. The molecule has 6 heteroatoms. The Kier molecular flexibility index (Phi) is 2.54. The Morgan fingerprint density at radius 3 is 2.69 bits per heavy atom. The van der Waals surface area contributed by atoms with E-state index in [4.69, 9.17) is 17.0 Å². The first kappa shape index (κ1) is 10.5. The van der Waals surface area contributed by atoms with Crippen LogP contribution in [0.2, 0.25) is 0 Å². The van der Waals surface area contributed by atoms with Crippen molar-refractivity contribution in [2.24, 2.45) is 0 Å². The summed E-state index contributed by atoms with van der Waals surface area (Å²) >= 11 is 4.94. The maximum atomic E-state index is 11.1. The number of fused-ring (bicyclic) bond motifs is 1. The molecule has 0 amide bonds. The Hall–Kier alpha value is -2.01. The molecule has 0 aliphatic heterocycles. The second-order valence-electron chi connectivity index (χ2n) is 3.11. The van der Waals surface area contributed by atoms with E-state index in [9.17, 15) is 9.59 Å². The third-order valence-corrected chi connectivity index (χ3v) is 2.35. The lowest BCUT2D eigenvalue weighted by Crippen LogP contribution is -2.06. The molecule has 0 spiro atoms. The van der Waals surface area contributed by atoms with Crippen LogP contribution in [-0.4, -0.2) is 21.7 Å². The van der Waals surface area contributed by atoms with Crippen LogP contribution in [0, 0.1) is 0 Å². The van der Waals surface area contributed by atoms with E-state index in [1.165, 1.54) is 18.3 Å². The van der Waals surface area contributed by atoms with Gasteiger partial charge in [-0.15, -0.1) is 0 Å². The molecule has 0 fully saturated rings. The molecule has 0 saturated heterocycles. The molecule has 1 aromatic heterocycles. The van der Waals surface area contributed by atoms with Crippen LogP contribution < -0.4 is 0 Å². The third kappa shape index (κ3) is 1.61. The van der Waals surface area contributed by atoms with E-state index in [1.54, 1.807) is 12.1 Å². The zero-order valence-corrected chi connectivity index (χ0v) is 8.64. The zero-order chi connectivity index (χ0) is 11.7. The van der Waals surface area contributed by atoms with Crippen LogP contribution in [0.25, 0.3) is 10.9 Å². The predicted molar refractivity (Wildman–Crippen MR) is 56.6 cm³/mol. The van der Waals surface area contributed by atoms with Crippen molar-refractivity contribution in [2.75, 3.05) is 0 Å². The molecular weight excluding hydrogens is 234 g/mol. The largest absolute Gasteiger partial charge is 0.464 e. The van der Waals surface area contributed by atoms with E-state index in [-0.39, 0.29) is 5.56 Å². The van der Waals surface area contributed by atoms with Gasteiger partial charge >= 0.3 is 12.1 Å². The molecule has 16 heavy (non-hydrogen) atoms. The average Bonchev–Trinajstić information content (AvgIpc) is 2.70. The van der Waals surface area contributed by atoms with Gasteiger partial charge in [-0.3, -0.25) is 4.57 Å². The fraction of sp³-hybridized carbons (Fsp3) is 0. The van der Waals surface area contributed by atoms with Crippen LogP contribution in [0.15, 0.2) is 30.5 Å². The minimum atomic E-state index is -1.12. The highest BCUT2D eigenvalue weighted by Crippen LogP contribution is 2.18. The minimum absolute atomic E-state index is 0.198. The molecule has 1 N–H and O–H groups in total. The normalized spacial score (nSPS) is 10.3. The second-order valence-corrected chi connectivity index (χ2v) is 3.26. The quantitative estimate of drug-likeness (QED) is 0.830. The summed E-state index contributed by atoms with van der Waals surface area (Å²) in [6, 6.07) is 6.19. The molecule has 82 valence electrons. The van der Waals surface area contributed by atoms with Crippen LogP contribution in [0.1, 0.15) is 10.4 Å². The molecule has 0 saturated carbocycles. The molecule has 2 rings (SSSR count). The highest BCUT2D eigenvalue weighted by atomic mass is 35.5. The van der Waals surface area contributed by atoms with E-state index in [0.29, 0.717) is 10.9 Å². The van der Waals surface area contributed by atoms with Crippen molar-refractivity contribution in [2.45, 2.75) is 0 Å². The van der Waals surface area contributed by atoms with Gasteiger partial charge in [-0.2, -0.15) is 0 Å². The molecule has 0 aliphatic rings. The summed E-state index contributed by atoms with van der Waals surface area (Å²) in [7, 11) is 0. The molecule has 0 radical (unpaired) electrons. The summed E-state index contributed by atoms with van der Waals surface area (Å²) in [6.45, 7) is 0. The van der Waals surface area contributed by atoms with Gasteiger partial charge in [0.1, 0.15) is 11.9 Å². The third-order valence-electron chi connectivity index (χ3n) is 2.20. The number of hydrogen-bond donors (Lipinski definition) is 1. The molecule has 0 aliphatic carbocycles. The van der Waals surface area contributed by atoms with Gasteiger partial charge in [0.2, 0.25) is 0 Å². The van der Waals surface area contributed by atoms with Crippen molar-refractivity contribution in [3.63, 3.8) is 0 Å². The van der Waals surface area contributed by atoms with Crippen molar-refractivity contribution in [3.05, 3.63) is 36.0 Å². The summed E-state index contributed by atoms with van der Waals surface area (Å²) in [4.78, 5) is 22.0. The van der Waals surface area contributed by atoms with Crippen LogP contribution >= 0.6 is 11.9 Å². The van der Waals surface area contributed by atoms with Crippen molar-refractivity contribution in [3.8, 4) is 0 Å². The minimum Gasteiger partial charge on any atom is -0.464 e. The van der Waals surface area contributed by atoms with Crippen molar-refractivity contribution in [1.82, 2.24) is 4.57 Å². The van der Waals surface area contributed by atoms with E-state index < -0.39 is 12.1 Å². The van der Waals surface area contributed by atoms with Crippen LogP contribution in [0.4, 0.5) is 4.79 Å². The second kappa shape index (κ2) is 3.86. The zero-order valence-electron chi connectivity index (χ0n) is 7.88. The Morgan fingerprint density at radius 2 is 2.06 bits per heavy atom. The van der Waals surface area contributed by atoms with Crippen molar-refractivity contribution < 1.29 is 19.0 Å². The van der Waals surface area contributed by atoms with Gasteiger partial charge in [0.25, 0.3) is 0 Å².